The van der Waals surface area contributed by atoms with Gasteiger partial charge in [0.05, 0.1) is 17.1 Å². The Bertz CT molecular complexity index is 637. The van der Waals surface area contributed by atoms with Crippen molar-refractivity contribution in [3.63, 3.8) is 0 Å². The number of fused-ring (bicyclic) bond motifs is 1. The van der Waals surface area contributed by atoms with Gasteiger partial charge in [0, 0.05) is 32.3 Å². The van der Waals surface area contributed by atoms with Crippen LogP contribution in [0.3, 0.4) is 0 Å². The minimum atomic E-state index is 0.226. The van der Waals surface area contributed by atoms with Gasteiger partial charge in [-0.05, 0) is 18.6 Å². The number of likely N-dealkylation sites (N-methyl/N-ethyl adjacent to an activating group) is 1. The maximum Gasteiger partial charge on any atom is 0.222 e. The number of carbonyl (C=O) groups is 1. The lowest BCUT2D eigenvalue weighted by molar-refractivity contribution is -0.132. The van der Waals surface area contributed by atoms with Crippen molar-refractivity contribution in [2.24, 2.45) is 0 Å². The number of imidazole rings is 1. The Morgan fingerprint density at radius 2 is 2.20 bits per heavy atom. The third-order valence-corrected chi connectivity index (χ3v) is 4.14. The van der Waals surface area contributed by atoms with E-state index in [2.05, 4.69) is 10.6 Å². The van der Waals surface area contributed by atoms with E-state index in [1.807, 2.05) is 30.1 Å². The normalized spacial score (nSPS) is 19.8. The van der Waals surface area contributed by atoms with Crippen LogP contribution in [0.25, 0.3) is 11.0 Å². The SMILES string of the molecule is CN1CC(n2c(CCCl)nc3ccccc32)CCC1=O. The second-order valence-corrected chi connectivity index (χ2v) is 5.67. The molecule has 1 amide bonds. The minimum Gasteiger partial charge on any atom is -0.344 e. The van der Waals surface area contributed by atoms with Crippen molar-refractivity contribution < 1.29 is 4.79 Å². The highest BCUT2D eigenvalue weighted by atomic mass is 35.5. The highest BCUT2D eigenvalue weighted by Crippen LogP contribution is 2.28. The number of nitrogens with zero attached hydrogens (tertiary/aromatic N) is 3. The van der Waals surface area contributed by atoms with E-state index in [4.69, 9.17) is 16.6 Å². The van der Waals surface area contributed by atoms with E-state index >= 15 is 0 Å². The Labute approximate surface area is 123 Å². The monoisotopic (exact) mass is 291 g/mol. The molecule has 2 aromatic rings. The molecule has 0 radical (unpaired) electrons. The van der Waals surface area contributed by atoms with Crippen LogP contribution in [0, 0.1) is 0 Å². The Kier molecular flexibility index (Phi) is 3.66. The van der Waals surface area contributed by atoms with Gasteiger partial charge in [-0.3, -0.25) is 4.79 Å². The molecule has 3 rings (SSSR count). The van der Waals surface area contributed by atoms with E-state index in [-0.39, 0.29) is 5.91 Å². The van der Waals surface area contributed by atoms with Gasteiger partial charge in [-0.25, -0.2) is 4.98 Å². The molecule has 1 aliphatic rings. The molecule has 1 saturated heterocycles. The molecule has 20 heavy (non-hydrogen) atoms. The summed E-state index contributed by atoms with van der Waals surface area (Å²) < 4.78 is 2.28. The number of likely N-dealkylation sites (tertiary alicyclic amines) is 1. The lowest BCUT2D eigenvalue weighted by Gasteiger charge is -2.31. The maximum atomic E-state index is 11.7. The standard InChI is InChI=1S/C15H18ClN3O/c1-18-10-11(6-7-15(18)20)19-13-5-3-2-4-12(13)17-14(19)8-9-16/h2-5,11H,6-10H2,1H3. The summed E-state index contributed by atoms with van der Waals surface area (Å²) in [6.07, 6.45) is 2.23. The molecule has 0 bridgehead atoms. The van der Waals surface area contributed by atoms with E-state index in [1.165, 1.54) is 0 Å². The summed E-state index contributed by atoms with van der Waals surface area (Å²) in [4.78, 5) is 18.2. The number of amides is 1. The summed E-state index contributed by atoms with van der Waals surface area (Å²) in [7, 11) is 1.87. The van der Waals surface area contributed by atoms with Gasteiger partial charge in [0.25, 0.3) is 0 Å². The van der Waals surface area contributed by atoms with Crippen LogP contribution in [0.4, 0.5) is 0 Å². The summed E-state index contributed by atoms with van der Waals surface area (Å²) in [6, 6.07) is 8.45. The Morgan fingerprint density at radius 3 is 2.95 bits per heavy atom. The zero-order chi connectivity index (χ0) is 14.1. The van der Waals surface area contributed by atoms with Crippen LogP contribution in [0.1, 0.15) is 24.7 Å². The van der Waals surface area contributed by atoms with Crippen LogP contribution in [0.15, 0.2) is 24.3 Å². The molecular formula is C15H18ClN3O. The number of carbonyl (C=O) groups excluding carboxylic acids is 1. The molecule has 1 unspecified atom stereocenters. The van der Waals surface area contributed by atoms with Crippen molar-refractivity contribution in [1.82, 2.24) is 14.5 Å². The van der Waals surface area contributed by atoms with Crippen LogP contribution in [-0.2, 0) is 11.2 Å². The Hall–Kier alpha value is -1.55. The van der Waals surface area contributed by atoms with Gasteiger partial charge in [-0.15, -0.1) is 11.6 Å². The molecule has 1 fully saturated rings. The summed E-state index contributed by atoms with van der Waals surface area (Å²) in [5.41, 5.74) is 2.15. The first-order valence-electron chi connectivity index (χ1n) is 6.96. The molecule has 1 aromatic carbocycles. The van der Waals surface area contributed by atoms with Crippen LogP contribution in [0.2, 0.25) is 0 Å². The molecule has 0 saturated carbocycles. The van der Waals surface area contributed by atoms with Crippen molar-refractivity contribution in [2.45, 2.75) is 25.3 Å². The summed E-state index contributed by atoms with van der Waals surface area (Å²) in [5.74, 6) is 1.81. The molecule has 5 heteroatoms. The number of hydrogen-bond acceptors (Lipinski definition) is 2. The van der Waals surface area contributed by atoms with Crippen LogP contribution >= 0.6 is 11.6 Å². The van der Waals surface area contributed by atoms with Crippen molar-refractivity contribution in [3.8, 4) is 0 Å². The van der Waals surface area contributed by atoms with Gasteiger partial charge < -0.3 is 9.47 Å². The lowest BCUT2D eigenvalue weighted by atomic mass is 10.0. The zero-order valence-corrected chi connectivity index (χ0v) is 12.3. The van der Waals surface area contributed by atoms with E-state index in [0.29, 0.717) is 18.3 Å². The van der Waals surface area contributed by atoms with Gasteiger partial charge in [0.1, 0.15) is 5.82 Å². The molecule has 1 aliphatic heterocycles. The fraction of sp³-hybridized carbons (Fsp3) is 0.467. The number of halogens is 1. The summed E-state index contributed by atoms with van der Waals surface area (Å²) >= 11 is 5.91. The van der Waals surface area contributed by atoms with Gasteiger partial charge >= 0.3 is 0 Å². The molecule has 2 heterocycles. The topological polar surface area (TPSA) is 38.1 Å². The number of para-hydroxylation sites is 2. The van der Waals surface area contributed by atoms with Crippen molar-refractivity contribution in [3.05, 3.63) is 30.1 Å². The smallest absolute Gasteiger partial charge is 0.222 e. The first-order chi connectivity index (χ1) is 9.70. The lowest BCUT2D eigenvalue weighted by Crippen LogP contribution is -2.38. The number of alkyl halides is 1. The molecule has 4 nitrogen and oxygen atoms in total. The molecule has 106 valence electrons. The highest BCUT2D eigenvalue weighted by molar-refractivity contribution is 6.17. The van der Waals surface area contributed by atoms with Crippen LogP contribution < -0.4 is 0 Å². The predicted octanol–water partition coefficient (Wildman–Crippen LogP) is 2.61. The highest BCUT2D eigenvalue weighted by Gasteiger charge is 2.26. The second kappa shape index (κ2) is 5.44. The van der Waals surface area contributed by atoms with E-state index in [0.717, 1.165) is 36.2 Å². The number of hydrogen-bond donors (Lipinski definition) is 0. The molecule has 0 spiro atoms. The van der Waals surface area contributed by atoms with Crippen molar-refractivity contribution in [2.75, 3.05) is 19.5 Å². The second-order valence-electron chi connectivity index (χ2n) is 5.29. The fourth-order valence-corrected chi connectivity index (χ4v) is 3.13. The van der Waals surface area contributed by atoms with Gasteiger partial charge in [0.2, 0.25) is 5.91 Å². The van der Waals surface area contributed by atoms with E-state index in [1.54, 1.807) is 0 Å². The van der Waals surface area contributed by atoms with Crippen LogP contribution in [-0.4, -0.2) is 39.8 Å². The quantitative estimate of drug-likeness (QED) is 0.815. The van der Waals surface area contributed by atoms with E-state index < -0.39 is 0 Å². The Balaban J connectivity index is 2.04. The van der Waals surface area contributed by atoms with Gasteiger partial charge in [-0.1, -0.05) is 12.1 Å². The summed E-state index contributed by atoms with van der Waals surface area (Å²) in [6.45, 7) is 0.745. The first kappa shape index (κ1) is 13.4. The average Bonchev–Trinajstić information content (AvgIpc) is 2.80. The van der Waals surface area contributed by atoms with Crippen LogP contribution in [0.5, 0.6) is 0 Å². The summed E-state index contributed by atoms with van der Waals surface area (Å²) in [5, 5.41) is 0. The number of benzene rings is 1. The molecule has 1 aromatic heterocycles. The number of rotatable bonds is 3. The van der Waals surface area contributed by atoms with Gasteiger partial charge in [-0.2, -0.15) is 0 Å². The fourth-order valence-electron chi connectivity index (χ4n) is 2.96. The number of aromatic nitrogens is 2. The number of piperidine rings is 1. The van der Waals surface area contributed by atoms with Crippen molar-refractivity contribution >= 4 is 28.5 Å². The largest absolute Gasteiger partial charge is 0.344 e. The molecule has 1 atom stereocenters. The number of aryl methyl sites for hydroxylation is 1. The van der Waals surface area contributed by atoms with E-state index in [9.17, 15) is 4.79 Å². The zero-order valence-electron chi connectivity index (χ0n) is 11.6. The average molecular weight is 292 g/mol. The molecule has 0 N–H and O–H groups in total. The predicted molar refractivity (Wildman–Crippen MR) is 80.1 cm³/mol. The Morgan fingerprint density at radius 1 is 1.40 bits per heavy atom. The maximum absolute atomic E-state index is 11.7. The molecular weight excluding hydrogens is 274 g/mol. The minimum absolute atomic E-state index is 0.226. The van der Waals surface area contributed by atoms with Crippen molar-refractivity contribution in [1.29, 1.82) is 0 Å². The molecule has 0 aliphatic carbocycles. The first-order valence-corrected chi connectivity index (χ1v) is 7.50. The third kappa shape index (κ3) is 2.29. The third-order valence-electron chi connectivity index (χ3n) is 3.95. The van der Waals surface area contributed by atoms with Gasteiger partial charge in [0.15, 0.2) is 0 Å².